The largest absolute Gasteiger partial charge is 0.351 e. The lowest BCUT2D eigenvalue weighted by Crippen LogP contribution is -2.35. The van der Waals surface area contributed by atoms with Crippen LogP contribution in [0.4, 0.5) is 5.69 Å². The number of carbonyl (C=O) groups excluding carboxylic acids is 2. The summed E-state index contributed by atoms with van der Waals surface area (Å²) in [5.74, 6) is 0.809. The molecule has 6 nitrogen and oxygen atoms in total. The molecule has 1 aliphatic heterocycles. The van der Waals surface area contributed by atoms with Crippen molar-refractivity contribution in [3.05, 3.63) is 29.8 Å². The number of nitrogens with zero attached hydrogens (tertiary/aromatic N) is 1. The molecule has 1 aromatic carbocycles. The predicted molar refractivity (Wildman–Crippen MR) is 129 cm³/mol. The number of amides is 2. The van der Waals surface area contributed by atoms with Crippen LogP contribution >= 0.6 is 24.8 Å². The molecule has 0 bridgehead atoms. The molecular formula is C22H38Cl2N4O2. The van der Waals surface area contributed by atoms with Gasteiger partial charge in [-0.05, 0) is 69.1 Å². The first-order valence-electron chi connectivity index (χ1n) is 10.6. The van der Waals surface area contributed by atoms with Crippen molar-refractivity contribution in [2.75, 3.05) is 44.6 Å². The molecule has 0 saturated carbocycles. The molecule has 1 saturated heterocycles. The molecule has 2 rings (SSSR count). The summed E-state index contributed by atoms with van der Waals surface area (Å²) in [7, 11) is 0. The van der Waals surface area contributed by atoms with Gasteiger partial charge in [-0.25, -0.2) is 0 Å². The second kappa shape index (κ2) is 15.5. The second-order valence-corrected chi connectivity index (χ2v) is 7.70. The molecule has 0 spiro atoms. The van der Waals surface area contributed by atoms with Crippen LogP contribution in [0, 0.1) is 11.8 Å². The third-order valence-corrected chi connectivity index (χ3v) is 5.66. The maximum atomic E-state index is 12.4. The van der Waals surface area contributed by atoms with E-state index < -0.39 is 0 Å². The normalized spacial score (nSPS) is 16.7. The molecule has 1 aromatic rings. The minimum Gasteiger partial charge on any atom is -0.351 e. The van der Waals surface area contributed by atoms with Gasteiger partial charge in [0.25, 0.3) is 5.91 Å². The average Bonchev–Trinajstić information content (AvgIpc) is 2.71. The van der Waals surface area contributed by atoms with Crippen molar-refractivity contribution in [3.8, 4) is 0 Å². The molecule has 2 amide bonds. The van der Waals surface area contributed by atoms with Gasteiger partial charge in [-0.3, -0.25) is 9.59 Å². The van der Waals surface area contributed by atoms with Crippen LogP contribution in [0.3, 0.4) is 0 Å². The van der Waals surface area contributed by atoms with Crippen molar-refractivity contribution in [2.45, 2.75) is 40.0 Å². The Labute approximate surface area is 193 Å². The van der Waals surface area contributed by atoms with Gasteiger partial charge in [0.15, 0.2) is 0 Å². The number of hydrogen-bond donors (Lipinski definition) is 3. The van der Waals surface area contributed by atoms with Gasteiger partial charge in [-0.15, -0.1) is 24.8 Å². The van der Waals surface area contributed by atoms with Gasteiger partial charge >= 0.3 is 0 Å². The van der Waals surface area contributed by atoms with E-state index in [-0.39, 0.29) is 36.6 Å². The lowest BCUT2D eigenvalue weighted by Gasteiger charge is -2.28. The zero-order valence-corrected chi connectivity index (χ0v) is 20.0. The molecule has 30 heavy (non-hydrogen) atoms. The van der Waals surface area contributed by atoms with E-state index in [2.05, 4.69) is 41.6 Å². The Kier molecular flexibility index (Phi) is 14.8. The fraction of sp³-hybridized carbons (Fsp3) is 0.636. The summed E-state index contributed by atoms with van der Waals surface area (Å²) in [6.45, 7) is 11.9. The SMILES string of the molecule is CCN(CC)CCNC(=O)c1cccc(NC(=O)CC(C)C2CCCNC2)c1.Cl.Cl. The van der Waals surface area contributed by atoms with E-state index in [1.54, 1.807) is 12.1 Å². The van der Waals surface area contributed by atoms with Crippen LogP contribution in [0.25, 0.3) is 0 Å². The number of piperidine rings is 1. The van der Waals surface area contributed by atoms with Gasteiger partial charge in [0, 0.05) is 30.8 Å². The maximum absolute atomic E-state index is 12.4. The first-order valence-corrected chi connectivity index (χ1v) is 10.6. The molecule has 0 aromatic heterocycles. The van der Waals surface area contributed by atoms with E-state index in [9.17, 15) is 9.59 Å². The topological polar surface area (TPSA) is 73.5 Å². The number of anilines is 1. The van der Waals surface area contributed by atoms with Gasteiger partial charge in [-0.2, -0.15) is 0 Å². The van der Waals surface area contributed by atoms with Crippen molar-refractivity contribution >= 4 is 42.3 Å². The molecule has 8 heteroatoms. The lowest BCUT2D eigenvalue weighted by atomic mass is 9.85. The molecule has 172 valence electrons. The molecular weight excluding hydrogens is 423 g/mol. The number of likely N-dealkylation sites (N-methyl/N-ethyl adjacent to an activating group) is 1. The van der Waals surface area contributed by atoms with Crippen molar-refractivity contribution < 1.29 is 9.59 Å². The van der Waals surface area contributed by atoms with Crippen molar-refractivity contribution in [3.63, 3.8) is 0 Å². The highest BCUT2D eigenvalue weighted by Crippen LogP contribution is 2.23. The molecule has 2 atom stereocenters. The van der Waals surface area contributed by atoms with Crippen LogP contribution in [-0.2, 0) is 4.79 Å². The number of benzene rings is 1. The molecule has 3 N–H and O–H groups in total. The van der Waals surface area contributed by atoms with Crippen molar-refractivity contribution in [2.24, 2.45) is 11.8 Å². The Hall–Kier alpha value is -1.34. The molecule has 2 unspecified atom stereocenters. The summed E-state index contributed by atoms with van der Waals surface area (Å²) >= 11 is 0. The fourth-order valence-electron chi connectivity index (χ4n) is 3.74. The van der Waals surface area contributed by atoms with Gasteiger partial charge in [-0.1, -0.05) is 26.8 Å². The Morgan fingerprint density at radius 1 is 1.23 bits per heavy atom. The summed E-state index contributed by atoms with van der Waals surface area (Å²) in [5, 5.41) is 9.32. The standard InChI is InChI=1S/C22H36N4O2.2ClH/c1-4-26(5-2)13-12-24-22(28)18-8-6-10-20(15-18)25-21(27)14-17(3)19-9-7-11-23-16-19;;/h6,8,10,15,17,19,23H,4-5,7,9,11-14,16H2,1-3H3,(H,24,28)(H,25,27);2*1H. The minimum atomic E-state index is -0.107. The van der Waals surface area contributed by atoms with Crippen LogP contribution in [-0.4, -0.2) is 56.0 Å². The van der Waals surface area contributed by atoms with Crippen molar-refractivity contribution in [1.82, 2.24) is 15.5 Å². The van der Waals surface area contributed by atoms with Crippen LogP contribution in [0.5, 0.6) is 0 Å². The third kappa shape index (κ3) is 9.65. The van der Waals surface area contributed by atoms with E-state index >= 15 is 0 Å². The Morgan fingerprint density at radius 3 is 2.60 bits per heavy atom. The second-order valence-electron chi connectivity index (χ2n) is 7.70. The Balaban J connectivity index is 0.00000420. The molecule has 1 aliphatic rings. The van der Waals surface area contributed by atoms with E-state index in [4.69, 9.17) is 0 Å². The third-order valence-electron chi connectivity index (χ3n) is 5.66. The summed E-state index contributed by atoms with van der Waals surface area (Å²) < 4.78 is 0. The summed E-state index contributed by atoms with van der Waals surface area (Å²) in [6.07, 6.45) is 2.87. The quantitative estimate of drug-likeness (QED) is 0.498. The smallest absolute Gasteiger partial charge is 0.251 e. The van der Waals surface area contributed by atoms with Crippen LogP contribution in [0.1, 0.15) is 50.4 Å². The molecule has 0 aliphatic carbocycles. The van der Waals surface area contributed by atoms with Crippen molar-refractivity contribution in [1.29, 1.82) is 0 Å². The monoisotopic (exact) mass is 460 g/mol. The van der Waals surface area contributed by atoms with Crippen LogP contribution in [0.2, 0.25) is 0 Å². The van der Waals surface area contributed by atoms with E-state index in [0.29, 0.717) is 36.1 Å². The van der Waals surface area contributed by atoms with Crippen LogP contribution < -0.4 is 16.0 Å². The first-order chi connectivity index (χ1) is 13.5. The summed E-state index contributed by atoms with van der Waals surface area (Å²) in [6, 6.07) is 7.16. The average molecular weight is 461 g/mol. The predicted octanol–water partition coefficient (Wildman–Crippen LogP) is 3.57. The molecule has 0 radical (unpaired) electrons. The summed E-state index contributed by atoms with van der Waals surface area (Å²) in [4.78, 5) is 27.1. The fourth-order valence-corrected chi connectivity index (χ4v) is 3.74. The van der Waals surface area contributed by atoms with E-state index in [1.807, 2.05) is 12.1 Å². The number of rotatable bonds is 10. The number of carbonyl (C=O) groups is 2. The molecule has 1 fully saturated rings. The first kappa shape index (κ1) is 28.7. The van der Waals surface area contributed by atoms with E-state index in [1.165, 1.54) is 12.8 Å². The number of halogens is 2. The zero-order chi connectivity index (χ0) is 20.4. The van der Waals surface area contributed by atoms with Gasteiger partial charge in [0.05, 0.1) is 0 Å². The Bertz CT molecular complexity index is 635. The highest BCUT2D eigenvalue weighted by Gasteiger charge is 2.22. The van der Waals surface area contributed by atoms with E-state index in [0.717, 1.165) is 32.7 Å². The van der Waals surface area contributed by atoms with Gasteiger partial charge in [0.1, 0.15) is 0 Å². The number of nitrogens with one attached hydrogen (secondary N) is 3. The molecule has 1 heterocycles. The lowest BCUT2D eigenvalue weighted by molar-refractivity contribution is -0.117. The van der Waals surface area contributed by atoms with Crippen LogP contribution in [0.15, 0.2) is 24.3 Å². The van der Waals surface area contributed by atoms with Gasteiger partial charge < -0.3 is 20.9 Å². The maximum Gasteiger partial charge on any atom is 0.251 e. The summed E-state index contributed by atoms with van der Waals surface area (Å²) in [5.41, 5.74) is 1.25. The van der Waals surface area contributed by atoms with Gasteiger partial charge in [0.2, 0.25) is 5.91 Å². The minimum absolute atomic E-state index is 0. The Morgan fingerprint density at radius 2 is 1.97 bits per heavy atom. The zero-order valence-electron chi connectivity index (χ0n) is 18.4. The number of hydrogen-bond acceptors (Lipinski definition) is 4. The highest BCUT2D eigenvalue weighted by molar-refractivity contribution is 5.97. The highest BCUT2D eigenvalue weighted by atomic mass is 35.5.